The maximum absolute atomic E-state index is 9.27. The van der Waals surface area contributed by atoms with E-state index in [1.807, 2.05) is 47.3 Å². The summed E-state index contributed by atoms with van der Waals surface area (Å²) >= 11 is 0. The zero-order chi connectivity index (χ0) is 13.7. The van der Waals surface area contributed by atoms with Crippen LogP contribution < -0.4 is 5.32 Å². The van der Waals surface area contributed by atoms with Crippen LogP contribution in [0.15, 0.2) is 42.6 Å². The second-order valence-electron chi connectivity index (χ2n) is 5.00. The van der Waals surface area contributed by atoms with E-state index in [2.05, 4.69) is 24.3 Å². The normalized spacial score (nSPS) is 12.8. The van der Waals surface area contributed by atoms with Gasteiger partial charge in [0, 0.05) is 18.8 Å². The van der Waals surface area contributed by atoms with E-state index in [1.54, 1.807) is 0 Å². The third-order valence-corrected chi connectivity index (χ3v) is 3.21. The Balaban J connectivity index is 1.98. The summed E-state index contributed by atoms with van der Waals surface area (Å²) in [4.78, 5) is 0. The van der Waals surface area contributed by atoms with Crippen molar-refractivity contribution in [3.8, 4) is 5.69 Å². The first-order valence-electron chi connectivity index (χ1n) is 6.65. The van der Waals surface area contributed by atoms with Crippen molar-refractivity contribution in [1.82, 2.24) is 15.1 Å². The topological polar surface area (TPSA) is 50.1 Å². The van der Waals surface area contributed by atoms with Gasteiger partial charge in [-0.25, -0.2) is 4.68 Å². The van der Waals surface area contributed by atoms with Crippen LogP contribution in [0.3, 0.4) is 0 Å². The van der Waals surface area contributed by atoms with Crippen molar-refractivity contribution in [2.75, 3.05) is 6.61 Å². The van der Waals surface area contributed by atoms with Crippen LogP contribution in [0.2, 0.25) is 0 Å². The Bertz CT molecular complexity index is 493. The van der Waals surface area contributed by atoms with Gasteiger partial charge in [-0.1, -0.05) is 32.0 Å². The van der Waals surface area contributed by atoms with E-state index in [1.165, 1.54) is 0 Å². The van der Waals surface area contributed by atoms with Crippen LogP contribution in [0, 0.1) is 5.92 Å². The summed E-state index contributed by atoms with van der Waals surface area (Å²) in [6.07, 6.45) is 1.95. The molecule has 19 heavy (non-hydrogen) atoms. The number of benzene rings is 1. The van der Waals surface area contributed by atoms with Crippen LogP contribution in [0.4, 0.5) is 0 Å². The lowest BCUT2D eigenvalue weighted by molar-refractivity contribution is 0.209. The molecule has 1 aromatic carbocycles. The monoisotopic (exact) mass is 259 g/mol. The maximum atomic E-state index is 9.27. The van der Waals surface area contributed by atoms with E-state index in [0.29, 0.717) is 12.5 Å². The molecule has 0 spiro atoms. The van der Waals surface area contributed by atoms with Gasteiger partial charge in [0.2, 0.25) is 0 Å². The largest absolute Gasteiger partial charge is 0.395 e. The smallest absolute Gasteiger partial charge is 0.0766 e. The fourth-order valence-corrected chi connectivity index (χ4v) is 1.93. The number of aliphatic hydroxyl groups is 1. The summed E-state index contributed by atoms with van der Waals surface area (Å²) in [5.41, 5.74) is 2.03. The molecule has 2 rings (SSSR count). The number of hydrogen-bond acceptors (Lipinski definition) is 3. The first-order chi connectivity index (χ1) is 9.20. The zero-order valence-electron chi connectivity index (χ0n) is 11.5. The van der Waals surface area contributed by atoms with Gasteiger partial charge < -0.3 is 10.4 Å². The second-order valence-corrected chi connectivity index (χ2v) is 5.00. The highest BCUT2D eigenvalue weighted by Crippen LogP contribution is 2.07. The van der Waals surface area contributed by atoms with E-state index in [-0.39, 0.29) is 12.6 Å². The van der Waals surface area contributed by atoms with E-state index < -0.39 is 0 Å². The van der Waals surface area contributed by atoms with Gasteiger partial charge in [0.25, 0.3) is 0 Å². The Hall–Kier alpha value is -1.65. The predicted molar refractivity (Wildman–Crippen MR) is 76.1 cm³/mol. The summed E-state index contributed by atoms with van der Waals surface area (Å²) in [7, 11) is 0. The van der Waals surface area contributed by atoms with E-state index in [4.69, 9.17) is 0 Å². The molecule has 4 nitrogen and oxygen atoms in total. The molecule has 2 N–H and O–H groups in total. The summed E-state index contributed by atoms with van der Waals surface area (Å²) in [5, 5.41) is 17.1. The first kappa shape index (κ1) is 13.8. The van der Waals surface area contributed by atoms with Crippen molar-refractivity contribution < 1.29 is 5.11 Å². The standard InChI is InChI=1S/C15H21N3O/c1-12(2)15(11-19)16-10-13-8-9-18(17-13)14-6-4-3-5-7-14/h3-9,12,15-16,19H,10-11H2,1-2H3. The Labute approximate surface area is 114 Å². The fourth-order valence-electron chi connectivity index (χ4n) is 1.93. The third-order valence-electron chi connectivity index (χ3n) is 3.21. The minimum absolute atomic E-state index is 0.113. The average Bonchev–Trinajstić information content (AvgIpc) is 2.89. The molecule has 1 aromatic heterocycles. The summed E-state index contributed by atoms with van der Waals surface area (Å²) < 4.78 is 1.86. The molecule has 1 heterocycles. The molecule has 2 aromatic rings. The highest BCUT2D eigenvalue weighted by Gasteiger charge is 2.11. The highest BCUT2D eigenvalue weighted by molar-refractivity contribution is 5.30. The lowest BCUT2D eigenvalue weighted by atomic mass is 10.1. The Morgan fingerprint density at radius 2 is 1.95 bits per heavy atom. The van der Waals surface area contributed by atoms with Gasteiger partial charge in [-0.3, -0.25) is 0 Å². The number of aromatic nitrogens is 2. The molecular weight excluding hydrogens is 238 g/mol. The summed E-state index contributed by atoms with van der Waals surface area (Å²) in [6, 6.07) is 12.1. The third kappa shape index (κ3) is 3.66. The molecule has 1 unspecified atom stereocenters. The SMILES string of the molecule is CC(C)C(CO)NCc1ccn(-c2ccccc2)n1. The zero-order valence-corrected chi connectivity index (χ0v) is 11.5. The van der Waals surface area contributed by atoms with Crippen molar-refractivity contribution in [3.63, 3.8) is 0 Å². The molecule has 1 atom stereocenters. The van der Waals surface area contributed by atoms with E-state index >= 15 is 0 Å². The molecule has 0 saturated carbocycles. The molecular formula is C15H21N3O. The molecule has 0 amide bonds. The molecule has 4 heteroatoms. The van der Waals surface area contributed by atoms with Crippen LogP contribution in [0.5, 0.6) is 0 Å². The van der Waals surface area contributed by atoms with Gasteiger partial charge in [0.15, 0.2) is 0 Å². The number of hydrogen-bond donors (Lipinski definition) is 2. The van der Waals surface area contributed by atoms with Crippen molar-refractivity contribution in [2.45, 2.75) is 26.4 Å². The summed E-state index contributed by atoms with van der Waals surface area (Å²) in [6.45, 7) is 5.01. The molecule has 0 saturated heterocycles. The van der Waals surface area contributed by atoms with Gasteiger partial charge in [0.05, 0.1) is 18.0 Å². The molecule has 0 fully saturated rings. The minimum Gasteiger partial charge on any atom is -0.395 e. The second kappa shape index (κ2) is 6.50. The lowest BCUT2D eigenvalue weighted by Crippen LogP contribution is -2.36. The molecule has 0 radical (unpaired) electrons. The first-order valence-corrected chi connectivity index (χ1v) is 6.65. The van der Waals surface area contributed by atoms with Crippen LogP contribution in [-0.2, 0) is 6.54 Å². The van der Waals surface area contributed by atoms with Crippen LogP contribution in [-0.4, -0.2) is 27.5 Å². The lowest BCUT2D eigenvalue weighted by Gasteiger charge is -2.19. The van der Waals surface area contributed by atoms with Crippen LogP contribution >= 0.6 is 0 Å². The van der Waals surface area contributed by atoms with Gasteiger partial charge in [-0.2, -0.15) is 5.10 Å². The molecule has 102 valence electrons. The molecule has 0 bridgehead atoms. The Morgan fingerprint density at radius 3 is 2.58 bits per heavy atom. The van der Waals surface area contributed by atoms with Crippen molar-refractivity contribution in [3.05, 3.63) is 48.3 Å². The quantitative estimate of drug-likeness (QED) is 0.834. The van der Waals surface area contributed by atoms with Gasteiger partial charge in [-0.15, -0.1) is 0 Å². The number of nitrogens with one attached hydrogen (secondary N) is 1. The van der Waals surface area contributed by atoms with Crippen molar-refractivity contribution in [1.29, 1.82) is 0 Å². The van der Waals surface area contributed by atoms with Crippen LogP contribution in [0.25, 0.3) is 5.69 Å². The van der Waals surface area contributed by atoms with Gasteiger partial charge in [0.1, 0.15) is 0 Å². The van der Waals surface area contributed by atoms with E-state index in [9.17, 15) is 5.11 Å². The van der Waals surface area contributed by atoms with Gasteiger partial charge >= 0.3 is 0 Å². The fraction of sp³-hybridized carbons (Fsp3) is 0.400. The molecule has 0 aliphatic rings. The number of rotatable bonds is 6. The van der Waals surface area contributed by atoms with Crippen LogP contribution in [0.1, 0.15) is 19.5 Å². The minimum atomic E-state index is 0.113. The average molecular weight is 259 g/mol. The maximum Gasteiger partial charge on any atom is 0.0766 e. The van der Waals surface area contributed by atoms with E-state index in [0.717, 1.165) is 11.4 Å². The predicted octanol–water partition coefficient (Wildman–Crippen LogP) is 1.98. The van der Waals surface area contributed by atoms with Crippen molar-refractivity contribution >= 4 is 0 Å². The number of para-hydroxylation sites is 1. The Morgan fingerprint density at radius 1 is 1.21 bits per heavy atom. The summed E-state index contributed by atoms with van der Waals surface area (Å²) in [5.74, 6) is 0.404. The highest BCUT2D eigenvalue weighted by atomic mass is 16.3. The molecule has 0 aliphatic carbocycles. The number of aliphatic hydroxyl groups excluding tert-OH is 1. The Kier molecular flexibility index (Phi) is 4.71. The van der Waals surface area contributed by atoms with Crippen molar-refractivity contribution in [2.24, 2.45) is 5.92 Å². The number of nitrogens with zero attached hydrogens (tertiary/aromatic N) is 2. The van der Waals surface area contributed by atoms with Gasteiger partial charge in [-0.05, 0) is 24.1 Å². The molecule has 0 aliphatic heterocycles.